The highest BCUT2D eigenvalue weighted by Gasteiger charge is 2.16. The van der Waals surface area contributed by atoms with Crippen molar-refractivity contribution >= 4 is 16.7 Å². The Morgan fingerprint density at radius 1 is 1.45 bits per heavy atom. The van der Waals surface area contributed by atoms with E-state index in [1.165, 1.54) is 0 Å². The molecule has 0 radical (unpaired) electrons. The third-order valence-corrected chi connectivity index (χ3v) is 3.14. The van der Waals surface area contributed by atoms with E-state index >= 15 is 0 Å². The minimum absolute atomic E-state index is 0.425. The SMILES string of the molecule is Cc1cnc(Cn2c(C(C)O)nc3cc(N)ccc32)o1. The molecular formula is C14H16N4O2. The van der Waals surface area contributed by atoms with Crippen molar-refractivity contribution in [3.63, 3.8) is 0 Å². The first-order chi connectivity index (χ1) is 9.54. The maximum Gasteiger partial charge on any atom is 0.214 e. The normalized spacial score (nSPS) is 12.9. The van der Waals surface area contributed by atoms with Crippen LogP contribution in [0.3, 0.4) is 0 Å². The molecule has 0 amide bonds. The van der Waals surface area contributed by atoms with Crippen molar-refractivity contribution in [1.29, 1.82) is 0 Å². The lowest BCUT2D eigenvalue weighted by atomic mass is 10.3. The van der Waals surface area contributed by atoms with Gasteiger partial charge in [0, 0.05) is 5.69 Å². The summed E-state index contributed by atoms with van der Waals surface area (Å²) in [4.78, 5) is 8.63. The molecule has 0 bridgehead atoms. The second-order valence-electron chi connectivity index (χ2n) is 4.84. The maximum atomic E-state index is 9.89. The van der Waals surface area contributed by atoms with Crippen LogP contribution in [0.25, 0.3) is 11.0 Å². The Balaban J connectivity index is 2.13. The summed E-state index contributed by atoms with van der Waals surface area (Å²) in [6.45, 7) is 3.95. The van der Waals surface area contributed by atoms with Gasteiger partial charge in [-0.3, -0.25) is 0 Å². The van der Waals surface area contributed by atoms with Gasteiger partial charge in [-0.1, -0.05) is 0 Å². The summed E-state index contributed by atoms with van der Waals surface area (Å²) in [7, 11) is 0. The van der Waals surface area contributed by atoms with Gasteiger partial charge in [-0.25, -0.2) is 9.97 Å². The number of nitrogen functional groups attached to an aromatic ring is 1. The number of nitrogens with two attached hydrogens (primary N) is 1. The van der Waals surface area contributed by atoms with Crippen LogP contribution in [0.4, 0.5) is 5.69 Å². The zero-order chi connectivity index (χ0) is 14.3. The molecule has 0 spiro atoms. The van der Waals surface area contributed by atoms with Gasteiger partial charge in [0.2, 0.25) is 5.89 Å². The van der Waals surface area contributed by atoms with E-state index in [-0.39, 0.29) is 0 Å². The number of benzene rings is 1. The van der Waals surface area contributed by atoms with E-state index in [0.717, 1.165) is 16.8 Å². The first-order valence-corrected chi connectivity index (χ1v) is 6.39. The first-order valence-electron chi connectivity index (χ1n) is 6.39. The Kier molecular flexibility index (Phi) is 2.94. The minimum atomic E-state index is -0.681. The zero-order valence-electron chi connectivity index (χ0n) is 11.4. The quantitative estimate of drug-likeness (QED) is 0.712. The summed E-state index contributed by atoms with van der Waals surface area (Å²) >= 11 is 0. The first kappa shape index (κ1) is 12.7. The summed E-state index contributed by atoms with van der Waals surface area (Å²) < 4.78 is 7.39. The molecule has 1 unspecified atom stereocenters. The average Bonchev–Trinajstić information content (AvgIpc) is 2.94. The number of hydrogen-bond donors (Lipinski definition) is 2. The number of aryl methyl sites for hydroxylation is 1. The number of nitrogens with zero attached hydrogens (tertiary/aromatic N) is 3. The largest absolute Gasteiger partial charge is 0.444 e. The number of rotatable bonds is 3. The van der Waals surface area contributed by atoms with Gasteiger partial charge in [0.25, 0.3) is 0 Å². The molecule has 0 saturated heterocycles. The average molecular weight is 272 g/mol. The summed E-state index contributed by atoms with van der Waals surface area (Å²) in [6.07, 6.45) is 0.994. The van der Waals surface area contributed by atoms with Gasteiger partial charge < -0.3 is 19.8 Å². The van der Waals surface area contributed by atoms with E-state index in [9.17, 15) is 5.11 Å². The molecule has 0 aliphatic rings. The van der Waals surface area contributed by atoms with Crippen LogP contribution in [0.5, 0.6) is 0 Å². The minimum Gasteiger partial charge on any atom is -0.444 e. The number of oxazole rings is 1. The van der Waals surface area contributed by atoms with Gasteiger partial charge in [-0.2, -0.15) is 0 Å². The topological polar surface area (TPSA) is 90.1 Å². The second-order valence-corrected chi connectivity index (χ2v) is 4.84. The highest BCUT2D eigenvalue weighted by Crippen LogP contribution is 2.23. The molecule has 6 nitrogen and oxygen atoms in total. The van der Waals surface area contributed by atoms with E-state index in [1.807, 2.05) is 23.6 Å². The highest BCUT2D eigenvalue weighted by molar-refractivity contribution is 5.79. The molecule has 0 fully saturated rings. The van der Waals surface area contributed by atoms with Crippen molar-refractivity contribution in [3.05, 3.63) is 41.9 Å². The molecule has 3 N–H and O–H groups in total. The van der Waals surface area contributed by atoms with Gasteiger partial charge in [-0.05, 0) is 32.0 Å². The Bertz CT molecular complexity index is 758. The molecule has 20 heavy (non-hydrogen) atoms. The predicted octanol–water partition coefficient (Wildman–Crippen LogP) is 2.02. The summed E-state index contributed by atoms with van der Waals surface area (Å²) in [5, 5.41) is 9.89. The lowest BCUT2D eigenvalue weighted by Gasteiger charge is -2.08. The number of fused-ring (bicyclic) bond motifs is 1. The monoisotopic (exact) mass is 272 g/mol. The van der Waals surface area contributed by atoms with Crippen LogP contribution in [0.1, 0.15) is 30.5 Å². The van der Waals surface area contributed by atoms with E-state index in [2.05, 4.69) is 9.97 Å². The molecule has 2 aromatic heterocycles. The summed E-state index contributed by atoms with van der Waals surface area (Å²) in [6, 6.07) is 5.49. The van der Waals surface area contributed by atoms with Crippen LogP contribution in [0, 0.1) is 6.92 Å². The van der Waals surface area contributed by atoms with Crippen molar-refractivity contribution in [2.45, 2.75) is 26.5 Å². The molecule has 3 rings (SSSR count). The van der Waals surface area contributed by atoms with Crippen molar-refractivity contribution in [2.75, 3.05) is 5.73 Å². The van der Waals surface area contributed by atoms with Crippen LogP contribution in [0.15, 0.2) is 28.8 Å². The van der Waals surface area contributed by atoms with E-state index in [0.29, 0.717) is 23.9 Å². The van der Waals surface area contributed by atoms with Crippen molar-refractivity contribution in [3.8, 4) is 0 Å². The van der Waals surface area contributed by atoms with Gasteiger partial charge in [0.15, 0.2) is 0 Å². The number of anilines is 1. The van der Waals surface area contributed by atoms with Crippen LogP contribution in [-0.4, -0.2) is 19.6 Å². The van der Waals surface area contributed by atoms with Crippen LogP contribution < -0.4 is 5.73 Å². The molecule has 0 aliphatic carbocycles. The summed E-state index contributed by atoms with van der Waals surface area (Å²) in [5.74, 6) is 1.91. The van der Waals surface area contributed by atoms with Crippen molar-refractivity contribution in [1.82, 2.24) is 14.5 Å². The number of aliphatic hydroxyl groups excluding tert-OH is 1. The number of aliphatic hydroxyl groups is 1. The van der Waals surface area contributed by atoms with E-state index in [4.69, 9.17) is 10.2 Å². The molecule has 1 atom stereocenters. The fourth-order valence-corrected chi connectivity index (χ4v) is 2.26. The number of imidazole rings is 1. The van der Waals surface area contributed by atoms with Gasteiger partial charge in [0.05, 0.1) is 17.2 Å². The Labute approximate surface area is 115 Å². The fraction of sp³-hybridized carbons (Fsp3) is 0.286. The van der Waals surface area contributed by atoms with E-state index in [1.54, 1.807) is 19.2 Å². The number of hydrogen-bond acceptors (Lipinski definition) is 5. The van der Waals surface area contributed by atoms with Crippen LogP contribution in [-0.2, 0) is 6.54 Å². The fourth-order valence-electron chi connectivity index (χ4n) is 2.26. The Morgan fingerprint density at radius 3 is 2.90 bits per heavy atom. The van der Waals surface area contributed by atoms with Gasteiger partial charge in [0.1, 0.15) is 24.2 Å². The smallest absolute Gasteiger partial charge is 0.214 e. The molecule has 3 aromatic rings. The maximum absolute atomic E-state index is 9.89. The van der Waals surface area contributed by atoms with E-state index < -0.39 is 6.10 Å². The molecule has 1 aromatic carbocycles. The predicted molar refractivity (Wildman–Crippen MR) is 75.1 cm³/mol. The van der Waals surface area contributed by atoms with Crippen LogP contribution in [0.2, 0.25) is 0 Å². The highest BCUT2D eigenvalue weighted by atomic mass is 16.4. The molecule has 0 aliphatic heterocycles. The van der Waals surface area contributed by atoms with Gasteiger partial charge in [-0.15, -0.1) is 0 Å². The lowest BCUT2D eigenvalue weighted by molar-refractivity contribution is 0.184. The van der Waals surface area contributed by atoms with Gasteiger partial charge >= 0.3 is 0 Å². The zero-order valence-corrected chi connectivity index (χ0v) is 11.4. The third-order valence-electron chi connectivity index (χ3n) is 3.14. The Morgan fingerprint density at radius 2 is 2.25 bits per heavy atom. The molecule has 0 saturated carbocycles. The molecular weight excluding hydrogens is 256 g/mol. The standard InChI is InChI=1S/C14H16N4O2/c1-8-6-16-13(20-8)7-18-12-4-3-10(15)5-11(12)17-14(18)9(2)19/h3-6,9,19H,7,15H2,1-2H3. The molecule has 6 heteroatoms. The second kappa shape index (κ2) is 4.64. The Hall–Kier alpha value is -2.34. The van der Waals surface area contributed by atoms with Crippen LogP contribution >= 0.6 is 0 Å². The molecule has 104 valence electrons. The summed E-state index contributed by atoms with van der Waals surface area (Å²) in [5.41, 5.74) is 8.07. The third kappa shape index (κ3) is 2.14. The number of aromatic nitrogens is 3. The van der Waals surface area contributed by atoms with Crippen molar-refractivity contribution < 1.29 is 9.52 Å². The molecule has 2 heterocycles. The lowest BCUT2D eigenvalue weighted by Crippen LogP contribution is -2.08. The van der Waals surface area contributed by atoms with Crippen molar-refractivity contribution in [2.24, 2.45) is 0 Å².